The van der Waals surface area contributed by atoms with E-state index in [9.17, 15) is 46.0 Å². The molecule has 3 saturated heterocycles. The van der Waals surface area contributed by atoms with Gasteiger partial charge in [-0.15, -0.1) is 0 Å². The summed E-state index contributed by atoms with van der Waals surface area (Å²) in [5.41, 5.74) is -3.36. The van der Waals surface area contributed by atoms with Gasteiger partial charge in [-0.05, 0) is 124 Å². The molecular weight excluding hydrogens is 728 g/mol. The van der Waals surface area contributed by atoms with Crippen LogP contribution in [0.25, 0.3) is 0 Å². The molecule has 3 heterocycles. The van der Waals surface area contributed by atoms with E-state index < -0.39 is 114 Å². The Morgan fingerprint density at radius 3 is 2.04 bits per heavy atom. The highest BCUT2D eigenvalue weighted by Crippen LogP contribution is 2.76. The molecule has 7 fully saturated rings. The molecule has 14 heteroatoms. The van der Waals surface area contributed by atoms with Gasteiger partial charge in [0.2, 0.25) is 0 Å². The number of aliphatic hydroxyl groups excluding tert-OH is 8. The van der Waals surface area contributed by atoms with Gasteiger partial charge in [-0.25, -0.2) is 0 Å². The maximum atomic E-state index is 12.4. The van der Waals surface area contributed by atoms with E-state index in [1.807, 2.05) is 0 Å². The lowest BCUT2D eigenvalue weighted by Gasteiger charge is -2.72. The standard InChI is InChI=1S/C42H72O14/c1-19-28(46)30(48)32(50)35(52-19)55-33-31(49)29(47)23(18-43)54-36(33)53-22-17-41(8)24(39(6)13-11-25(45)37(2,3)34(22)39)16-21(44)27-20(10-14-40(27,41)7)42(9)15-12-26(56-42)38(4,5)51/h19-36,43-51H,10-18H2,1-9H3/t19-,20-,21?,22-,23+,24+,25-,26-,27?,28-,29+,30+,31-,32+,33+,34?,35-,36+,39+,40+,41+,42-/m0/s1. The van der Waals surface area contributed by atoms with Crippen LogP contribution in [0.2, 0.25) is 0 Å². The summed E-state index contributed by atoms with van der Waals surface area (Å²) < 4.78 is 32.0. The number of ether oxygens (including phenoxy) is 5. The lowest BCUT2D eigenvalue weighted by Crippen LogP contribution is -2.71. The van der Waals surface area contributed by atoms with Crippen LogP contribution < -0.4 is 0 Å². The van der Waals surface area contributed by atoms with Crippen LogP contribution in [0, 0.1) is 45.3 Å². The molecule has 4 saturated carbocycles. The highest BCUT2D eigenvalue weighted by molar-refractivity contribution is 5.22. The maximum absolute atomic E-state index is 12.4. The second kappa shape index (κ2) is 14.5. The Morgan fingerprint density at radius 2 is 1.41 bits per heavy atom. The van der Waals surface area contributed by atoms with Crippen molar-refractivity contribution >= 4 is 0 Å². The quantitative estimate of drug-likeness (QED) is 0.166. The van der Waals surface area contributed by atoms with Gasteiger partial charge >= 0.3 is 0 Å². The van der Waals surface area contributed by atoms with Gasteiger partial charge < -0.3 is 69.6 Å². The van der Waals surface area contributed by atoms with Crippen molar-refractivity contribution < 1.29 is 69.6 Å². The van der Waals surface area contributed by atoms with E-state index in [1.165, 1.54) is 6.92 Å². The third-order valence-electron chi connectivity index (χ3n) is 17.3. The molecule has 9 N–H and O–H groups in total. The second-order valence-corrected chi connectivity index (χ2v) is 21.2. The minimum atomic E-state index is -1.70. The van der Waals surface area contributed by atoms with Crippen LogP contribution in [0.15, 0.2) is 0 Å². The maximum Gasteiger partial charge on any atom is 0.187 e. The molecule has 56 heavy (non-hydrogen) atoms. The van der Waals surface area contributed by atoms with Crippen LogP contribution in [-0.2, 0) is 23.7 Å². The van der Waals surface area contributed by atoms with Crippen LogP contribution >= 0.6 is 0 Å². The van der Waals surface area contributed by atoms with Crippen molar-refractivity contribution in [3.8, 4) is 0 Å². The van der Waals surface area contributed by atoms with Crippen LogP contribution in [0.5, 0.6) is 0 Å². The van der Waals surface area contributed by atoms with Crippen molar-refractivity contribution in [3.63, 3.8) is 0 Å². The first kappa shape index (κ1) is 43.5. The summed E-state index contributed by atoms with van der Waals surface area (Å²) in [5, 5.41) is 99.5. The molecule has 324 valence electrons. The van der Waals surface area contributed by atoms with Gasteiger partial charge in [0, 0.05) is 0 Å². The molecule has 0 radical (unpaired) electrons. The zero-order valence-electron chi connectivity index (χ0n) is 34.8. The van der Waals surface area contributed by atoms with E-state index in [-0.39, 0.29) is 35.2 Å². The molecule has 0 aromatic carbocycles. The molecule has 14 nitrogen and oxygen atoms in total. The fourth-order valence-corrected chi connectivity index (χ4v) is 14.1. The fraction of sp³-hybridized carbons (Fsp3) is 1.00. The predicted octanol–water partition coefficient (Wildman–Crippen LogP) is 1.36. The number of fused-ring (bicyclic) bond motifs is 5. The minimum Gasteiger partial charge on any atom is -0.394 e. The van der Waals surface area contributed by atoms with Crippen molar-refractivity contribution in [1.29, 1.82) is 0 Å². The van der Waals surface area contributed by atoms with Crippen LogP contribution in [0.3, 0.4) is 0 Å². The number of rotatable bonds is 7. The van der Waals surface area contributed by atoms with Crippen LogP contribution in [0.1, 0.15) is 114 Å². The summed E-state index contributed by atoms with van der Waals surface area (Å²) >= 11 is 0. The predicted molar refractivity (Wildman–Crippen MR) is 200 cm³/mol. The van der Waals surface area contributed by atoms with Gasteiger partial charge in [0.1, 0.15) is 42.7 Å². The van der Waals surface area contributed by atoms with Crippen molar-refractivity contribution in [2.24, 2.45) is 45.3 Å². The Kier molecular flexibility index (Phi) is 11.3. The molecule has 0 bridgehead atoms. The van der Waals surface area contributed by atoms with Gasteiger partial charge in [0.15, 0.2) is 12.6 Å². The average Bonchev–Trinajstić information content (AvgIpc) is 3.71. The summed E-state index contributed by atoms with van der Waals surface area (Å²) in [4.78, 5) is 0. The Morgan fingerprint density at radius 1 is 0.732 bits per heavy atom. The monoisotopic (exact) mass is 800 g/mol. The van der Waals surface area contributed by atoms with E-state index in [1.54, 1.807) is 13.8 Å². The molecule has 0 spiro atoms. The Balaban J connectivity index is 1.26. The zero-order chi connectivity index (χ0) is 41.3. The highest BCUT2D eigenvalue weighted by Gasteiger charge is 2.74. The first-order valence-electron chi connectivity index (χ1n) is 21.2. The molecular formula is C42H72O14. The van der Waals surface area contributed by atoms with Crippen LogP contribution in [-0.4, -0.2) is 150 Å². The molecule has 4 aliphatic carbocycles. The van der Waals surface area contributed by atoms with E-state index in [0.717, 1.165) is 25.7 Å². The van der Waals surface area contributed by atoms with Gasteiger partial charge in [-0.2, -0.15) is 0 Å². The SMILES string of the molecule is C[C@@H]1O[C@@H](O[C@H]2[C@H](O[C@H]3C[C@]4(C)[C@H](CC(O)C5[C@@H]([C@]6(C)CC[C@@H](C(C)(C)O)O6)CC[C@]54C)[C@@]4(C)CC[C@H](O)C(C)(C)C34)O[C@H](CO)[C@@H](O)[C@@H]2O)[C@H](O)[C@H](O)[C@H]1O. The fourth-order valence-electron chi connectivity index (χ4n) is 14.1. The number of hydrogen-bond acceptors (Lipinski definition) is 14. The molecule has 7 aliphatic rings. The molecule has 0 aromatic rings. The summed E-state index contributed by atoms with van der Waals surface area (Å²) in [7, 11) is 0. The number of aliphatic hydroxyl groups is 9. The third-order valence-corrected chi connectivity index (χ3v) is 17.3. The third kappa shape index (κ3) is 6.49. The lowest BCUT2D eigenvalue weighted by molar-refractivity contribution is -0.382. The van der Waals surface area contributed by atoms with E-state index >= 15 is 0 Å². The molecule has 0 aromatic heterocycles. The Hall–Kier alpha value is -0.560. The van der Waals surface area contributed by atoms with Crippen molar-refractivity contribution in [3.05, 3.63) is 0 Å². The Labute approximate surface area is 331 Å². The van der Waals surface area contributed by atoms with Gasteiger partial charge in [0.05, 0.1) is 48.3 Å². The number of hydrogen-bond donors (Lipinski definition) is 9. The molecule has 0 amide bonds. The molecule has 22 atom stereocenters. The summed E-state index contributed by atoms with van der Waals surface area (Å²) in [5.74, 6) is -0.246. The molecule has 3 unspecified atom stereocenters. The minimum absolute atomic E-state index is 0.0557. The van der Waals surface area contributed by atoms with Crippen molar-refractivity contribution in [2.45, 2.75) is 211 Å². The molecule has 7 rings (SSSR count). The second-order valence-electron chi connectivity index (χ2n) is 21.2. The van der Waals surface area contributed by atoms with Gasteiger partial charge in [-0.1, -0.05) is 34.6 Å². The molecule has 3 aliphatic heterocycles. The smallest absolute Gasteiger partial charge is 0.187 e. The summed E-state index contributed by atoms with van der Waals surface area (Å²) in [6, 6.07) is 0. The summed E-state index contributed by atoms with van der Waals surface area (Å²) in [6.45, 7) is 17.6. The van der Waals surface area contributed by atoms with Crippen LogP contribution in [0.4, 0.5) is 0 Å². The van der Waals surface area contributed by atoms with Gasteiger partial charge in [0.25, 0.3) is 0 Å². The zero-order valence-corrected chi connectivity index (χ0v) is 34.8. The topological polar surface area (TPSA) is 228 Å². The largest absolute Gasteiger partial charge is 0.394 e. The highest BCUT2D eigenvalue weighted by atomic mass is 16.8. The lowest BCUT2D eigenvalue weighted by atomic mass is 9.34. The van der Waals surface area contributed by atoms with Gasteiger partial charge in [-0.3, -0.25) is 0 Å². The first-order chi connectivity index (χ1) is 25.9. The normalized spacial score (nSPS) is 57.3. The van der Waals surface area contributed by atoms with E-state index in [4.69, 9.17) is 23.7 Å². The Bertz CT molecular complexity index is 1430. The summed E-state index contributed by atoms with van der Waals surface area (Å²) in [6.07, 6.45) is -11.0. The average molecular weight is 801 g/mol. The van der Waals surface area contributed by atoms with Crippen molar-refractivity contribution in [2.75, 3.05) is 6.61 Å². The van der Waals surface area contributed by atoms with E-state index in [2.05, 4.69) is 41.5 Å². The van der Waals surface area contributed by atoms with Crippen molar-refractivity contribution in [1.82, 2.24) is 0 Å². The van der Waals surface area contributed by atoms with E-state index in [0.29, 0.717) is 25.7 Å². The first-order valence-corrected chi connectivity index (χ1v) is 21.2.